The van der Waals surface area contributed by atoms with Crippen LogP contribution < -0.4 is 14.4 Å². The molecule has 3 rings (SSSR count). The minimum atomic E-state index is -4.09. The van der Waals surface area contributed by atoms with Crippen molar-refractivity contribution in [2.75, 3.05) is 25.0 Å². The maximum atomic E-state index is 13.8. The quantitative estimate of drug-likeness (QED) is 0.438. The molecular weight excluding hydrogens is 490 g/mol. The summed E-state index contributed by atoms with van der Waals surface area (Å²) < 4.78 is 33.9. The first-order valence-electron chi connectivity index (χ1n) is 11.9. The van der Waals surface area contributed by atoms with Gasteiger partial charge in [0.25, 0.3) is 10.0 Å². The Hall–Kier alpha value is -3.85. The van der Waals surface area contributed by atoms with Crippen LogP contribution in [-0.2, 0) is 26.2 Å². The Kier molecular flexibility index (Phi) is 8.94. The van der Waals surface area contributed by atoms with Crippen LogP contribution in [0.4, 0.5) is 5.69 Å². The first kappa shape index (κ1) is 27.7. The van der Waals surface area contributed by atoms with Crippen LogP contribution in [-0.4, -0.2) is 51.9 Å². The summed E-state index contributed by atoms with van der Waals surface area (Å²) in [5.41, 5.74) is 2.75. The predicted octanol–water partition coefficient (Wildman–Crippen LogP) is 3.67. The highest BCUT2D eigenvalue weighted by Gasteiger charge is 2.32. The molecule has 0 saturated heterocycles. The molecule has 0 aliphatic carbocycles. The molecule has 1 N–H and O–H groups in total. The second-order valence-corrected chi connectivity index (χ2v) is 10.6. The summed E-state index contributed by atoms with van der Waals surface area (Å²) in [6, 6.07) is 19.8. The van der Waals surface area contributed by atoms with E-state index in [1.807, 2.05) is 19.1 Å². The fraction of sp³-hybridized carbons (Fsp3) is 0.286. The summed E-state index contributed by atoms with van der Waals surface area (Å²) in [4.78, 5) is 27.8. The largest absolute Gasteiger partial charge is 0.497 e. The summed E-state index contributed by atoms with van der Waals surface area (Å²) in [5, 5.41) is 2.58. The van der Waals surface area contributed by atoms with Crippen molar-refractivity contribution in [1.82, 2.24) is 10.2 Å². The van der Waals surface area contributed by atoms with E-state index in [4.69, 9.17) is 4.74 Å². The first-order valence-corrected chi connectivity index (χ1v) is 13.3. The number of benzene rings is 3. The van der Waals surface area contributed by atoms with E-state index in [1.54, 1.807) is 69.5 Å². The summed E-state index contributed by atoms with van der Waals surface area (Å²) in [6.45, 7) is 4.92. The summed E-state index contributed by atoms with van der Waals surface area (Å²) >= 11 is 0. The minimum Gasteiger partial charge on any atom is -0.497 e. The van der Waals surface area contributed by atoms with Crippen molar-refractivity contribution in [1.29, 1.82) is 0 Å². The lowest BCUT2D eigenvalue weighted by molar-refractivity contribution is -0.139. The second kappa shape index (κ2) is 11.9. The van der Waals surface area contributed by atoms with Crippen LogP contribution in [0.15, 0.2) is 77.7 Å². The van der Waals surface area contributed by atoms with E-state index in [1.165, 1.54) is 24.1 Å². The van der Waals surface area contributed by atoms with E-state index in [0.29, 0.717) is 17.0 Å². The number of nitrogens with zero attached hydrogens (tertiary/aromatic N) is 2. The molecule has 3 aromatic rings. The molecule has 1 atom stereocenters. The van der Waals surface area contributed by atoms with Gasteiger partial charge >= 0.3 is 0 Å². The molecule has 0 aliphatic rings. The molecule has 8 nitrogen and oxygen atoms in total. The van der Waals surface area contributed by atoms with Crippen molar-refractivity contribution in [2.45, 2.75) is 38.3 Å². The first-order chi connectivity index (χ1) is 17.6. The van der Waals surface area contributed by atoms with E-state index < -0.39 is 28.5 Å². The molecule has 0 saturated carbocycles. The van der Waals surface area contributed by atoms with Gasteiger partial charge < -0.3 is 15.0 Å². The smallest absolute Gasteiger partial charge is 0.264 e. The number of carbonyl (C=O) groups is 2. The molecule has 0 unspecified atom stereocenters. The highest BCUT2D eigenvalue weighted by Crippen LogP contribution is 2.28. The average Bonchev–Trinajstić information content (AvgIpc) is 2.91. The Bertz CT molecular complexity index is 1340. The van der Waals surface area contributed by atoms with Crippen LogP contribution in [0.3, 0.4) is 0 Å². The van der Waals surface area contributed by atoms with Gasteiger partial charge in [0, 0.05) is 13.6 Å². The minimum absolute atomic E-state index is 0.0739. The van der Waals surface area contributed by atoms with Gasteiger partial charge in [0.05, 0.1) is 17.7 Å². The Balaban J connectivity index is 2.05. The van der Waals surface area contributed by atoms with Crippen LogP contribution in [0.1, 0.15) is 23.6 Å². The van der Waals surface area contributed by atoms with Gasteiger partial charge in [-0.05, 0) is 67.8 Å². The molecule has 0 bridgehead atoms. The van der Waals surface area contributed by atoms with E-state index in [9.17, 15) is 18.0 Å². The molecule has 0 radical (unpaired) electrons. The zero-order chi connectivity index (χ0) is 27.2. The van der Waals surface area contributed by atoms with E-state index >= 15 is 0 Å². The number of hydrogen-bond acceptors (Lipinski definition) is 5. The standard InChI is InChI=1S/C28H33N3O5S/c1-20-11-12-21(2)26(17-20)31(37(34,35)25-9-7-6-8-10-25)19-27(32)30(22(3)28(33)29-4)18-23-13-15-24(36-5)16-14-23/h6-17,22H,18-19H2,1-5H3,(H,29,33)/t22-/m1/s1. The topological polar surface area (TPSA) is 96.0 Å². The van der Waals surface area contributed by atoms with E-state index in [-0.39, 0.29) is 17.3 Å². The zero-order valence-corrected chi connectivity index (χ0v) is 22.6. The molecule has 3 aromatic carbocycles. The number of ether oxygens (including phenoxy) is 1. The molecule has 37 heavy (non-hydrogen) atoms. The van der Waals surface area contributed by atoms with Gasteiger partial charge in [0.1, 0.15) is 18.3 Å². The fourth-order valence-corrected chi connectivity index (χ4v) is 5.43. The number of amides is 2. The van der Waals surface area contributed by atoms with Crippen molar-refractivity contribution >= 4 is 27.5 Å². The normalized spacial score (nSPS) is 11.9. The van der Waals surface area contributed by atoms with Crippen molar-refractivity contribution in [2.24, 2.45) is 0 Å². The Morgan fingerprint density at radius 3 is 2.22 bits per heavy atom. The molecular formula is C28H33N3O5S. The lowest BCUT2D eigenvalue weighted by Crippen LogP contribution is -2.50. The molecule has 0 fully saturated rings. The van der Waals surface area contributed by atoms with Crippen molar-refractivity contribution in [3.63, 3.8) is 0 Å². The van der Waals surface area contributed by atoms with Crippen molar-refractivity contribution < 1.29 is 22.7 Å². The number of methoxy groups -OCH3 is 1. The summed E-state index contributed by atoms with van der Waals surface area (Å²) in [5.74, 6) is -0.200. The Labute approximate surface area is 218 Å². The van der Waals surface area contributed by atoms with Crippen LogP contribution in [0, 0.1) is 13.8 Å². The third-order valence-corrected chi connectivity index (χ3v) is 7.94. The third kappa shape index (κ3) is 6.48. The SMILES string of the molecule is CNC(=O)[C@@H](C)N(Cc1ccc(OC)cc1)C(=O)CN(c1cc(C)ccc1C)S(=O)(=O)c1ccccc1. The molecule has 0 heterocycles. The molecule has 0 spiro atoms. The number of nitrogens with one attached hydrogen (secondary N) is 1. The maximum absolute atomic E-state index is 13.8. The summed E-state index contributed by atoms with van der Waals surface area (Å²) in [6.07, 6.45) is 0. The zero-order valence-electron chi connectivity index (χ0n) is 21.8. The lowest BCUT2D eigenvalue weighted by atomic mass is 10.1. The number of likely N-dealkylation sites (N-methyl/N-ethyl adjacent to an activating group) is 1. The number of anilines is 1. The van der Waals surface area contributed by atoms with Gasteiger partial charge in [-0.3, -0.25) is 13.9 Å². The van der Waals surface area contributed by atoms with Gasteiger partial charge in [0.2, 0.25) is 11.8 Å². The van der Waals surface area contributed by atoms with Crippen LogP contribution in [0.2, 0.25) is 0 Å². The highest BCUT2D eigenvalue weighted by atomic mass is 32.2. The van der Waals surface area contributed by atoms with Crippen LogP contribution in [0.5, 0.6) is 5.75 Å². The van der Waals surface area contributed by atoms with Gasteiger partial charge in [-0.1, -0.05) is 42.5 Å². The molecule has 196 valence electrons. The number of aryl methyl sites for hydroxylation is 2. The lowest BCUT2D eigenvalue weighted by Gasteiger charge is -2.32. The average molecular weight is 524 g/mol. The summed E-state index contributed by atoms with van der Waals surface area (Å²) in [7, 11) is -1.03. The number of hydrogen-bond donors (Lipinski definition) is 1. The number of sulfonamides is 1. The molecule has 2 amide bonds. The molecule has 0 aliphatic heterocycles. The Morgan fingerprint density at radius 1 is 0.973 bits per heavy atom. The fourth-order valence-electron chi connectivity index (χ4n) is 3.94. The third-order valence-electron chi connectivity index (χ3n) is 6.17. The number of rotatable bonds is 10. The predicted molar refractivity (Wildman–Crippen MR) is 144 cm³/mol. The highest BCUT2D eigenvalue weighted by molar-refractivity contribution is 7.92. The van der Waals surface area contributed by atoms with Gasteiger partial charge in [-0.25, -0.2) is 8.42 Å². The van der Waals surface area contributed by atoms with Crippen LogP contribution >= 0.6 is 0 Å². The number of carbonyl (C=O) groups excluding carboxylic acids is 2. The van der Waals surface area contributed by atoms with Gasteiger partial charge in [-0.2, -0.15) is 0 Å². The molecule has 9 heteroatoms. The van der Waals surface area contributed by atoms with Crippen molar-refractivity contribution in [3.05, 3.63) is 89.5 Å². The van der Waals surface area contributed by atoms with Gasteiger partial charge in [-0.15, -0.1) is 0 Å². The second-order valence-electron chi connectivity index (χ2n) is 8.77. The van der Waals surface area contributed by atoms with Crippen molar-refractivity contribution in [3.8, 4) is 5.75 Å². The van der Waals surface area contributed by atoms with Gasteiger partial charge in [0.15, 0.2) is 0 Å². The molecule has 0 aromatic heterocycles. The Morgan fingerprint density at radius 2 is 1.62 bits per heavy atom. The van der Waals surface area contributed by atoms with Crippen LogP contribution in [0.25, 0.3) is 0 Å². The monoisotopic (exact) mass is 523 g/mol. The maximum Gasteiger partial charge on any atom is 0.264 e. The van der Waals surface area contributed by atoms with E-state index in [0.717, 1.165) is 15.4 Å². The van der Waals surface area contributed by atoms with E-state index in [2.05, 4.69) is 5.32 Å².